The number of allylic oxidation sites excluding steroid dienone is 1. The SMILES string of the molecule is CC1C=CC(O)(c2cnccc2N)CC1. The van der Waals surface area contributed by atoms with Gasteiger partial charge in [-0.25, -0.2) is 0 Å². The Morgan fingerprint density at radius 3 is 3.00 bits per heavy atom. The van der Waals surface area contributed by atoms with Gasteiger partial charge in [-0.3, -0.25) is 4.98 Å². The Hall–Kier alpha value is -1.35. The number of aromatic nitrogens is 1. The summed E-state index contributed by atoms with van der Waals surface area (Å²) in [7, 11) is 0. The van der Waals surface area contributed by atoms with Gasteiger partial charge in [0.2, 0.25) is 0 Å². The van der Waals surface area contributed by atoms with E-state index in [1.807, 2.05) is 12.2 Å². The third-order valence-electron chi connectivity index (χ3n) is 3.00. The van der Waals surface area contributed by atoms with E-state index in [1.54, 1.807) is 18.5 Å². The van der Waals surface area contributed by atoms with Crippen molar-refractivity contribution in [1.29, 1.82) is 0 Å². The van der Waals surface area contributed by atoms with Crippen molar-refractivity contribution in [2.75, 3.05) is 5.73 Å². The molecule has 1 aromatic heterocycles. The number of nitrogen functional groups attached to an aromatic ring is 1. The zero-order valence-electron chi connectivity index (χ0n) is 8.85. The molecule has 1 aliphatic rings. The van der Waals surface area contributed by atoms with Crippen molar-refractivity contribution < 1.29 is 5.11 Å². The summed E-state index contributed by atoms with van der Waals surface area (Å²) in [5.41, 5.74) is 6.23. The topological polar surface area (TPSA) is 59.1 Å². The molecule has 15 heavy (non-hydrogen) atoms. The van der Waals surface area contributed by atoms with Crippen molar-refractivity contribution in [2.24, 2.45) is 5.92 Å². The lowest BCUT2D eigenvalue weighted by molar-refractivity contribution is 0.0678. The van der Waals surface area contributed by atoms with E-state index < -0.39 is 5.60 Å². The van der Waals surface area contributed by atoms with E-state index in [0.717, 1.165) is 6.42 Å². The fourth-order valence-corrected chi connectivity index (χ4v) is 1.94. The molecular weight excluding hydrogens is 188 g/mol. The van der Waals surface area contributed by atoms with Crippen molar-refractivity contribution in [1.82, 2.24) is 4.98 Å². The first kappa shape index (κ1) is 10.2. The van der Waals surface area contributed by atoms with Gasteiger partial charge in [0.05, 0.1) is 0 Å². The first-order valence-electron chi connectivity index (χ1n) is 5.23. The van der Waals surface area contributed by atoms with E-state index >= 15 is 0 Å². The largest absolute Gasteiger partial charge is 0.398 e. The van der Waals surface area contributed by atoms with Crippen molar-refractivity contribution in [3.63, 3.8) is 0 Å². The average Bonchev–Trinajstić information content (AvgIpc) is 2.23. The molecule has 1 aromatic rings. The van der Waals surface area contributed by atoms with Crippen molar-refractivity contribution in [2.45, 2.75) is 25.4 Å². The van der Waals surface area contributed by atoms with Crippen LogP contribution < -0.4 is 5.73 Å². The Labute approximate surface area is 89.6 Å². The molecule has 0 radical (unpaired) electrons. The van der Waals surface area contributed by atoms with E-state index in [4.69, 9.17) is 5.73 Å². The van der Waals surface area contributed by atoms with Gasteiger partial charge in [-0.15, -0.1) is 0 Å². The van der Waals surface area contributed by atoms with Crippen LogP contribution in [0.4, 0.5) is 5.69 Å². The smallest absolute Gasteiger partial charge is 0.111 e. The molecule has 0 aromatic carbocycles. The van der Waals surface area contributed by atoms with Crippen LogP contribution in [0.3, 0.4) is 0 Å². The minimum Gasteiger partial charge on any atom is -0.398 e. The van der Waals surface area contributed by atoms with E-state index in [-0.39, 0.29) is 0 Å². The quantitative estimate of drug-likeness (QED) is 0.686. The lowest BCUT2D eigenvalue weighted by atomic mass is 9.81. The van der Waals surface area contributed by atoms with Gasteiger partial charge in [0.1, 0.15) is 5.60 Å². The average molecular weight is 204 g/mol. The van der Waals surface area contributed by atoms with Gasteiger partial charge in [-0.05, 0) is 24.8 Å². The molecule has 2 rings (SSSR count). The zero-order chi connectivity index (χ0) is 10.9. The van der Waals surface area contributed by atoms with Gasteiger partial charge in [0.25, 0.3) is 0 Å². The zero-order valence-corrected chi connectivity index (χ0v) is 8.85. The molecule has 0 saturated carbocycles. The summed E-state index contributed by atoms with van der Waals surface area (Å²) >= 11 is 0. The van der Waals surface area contributed by atoms with Crippen LogP contribution in [0.5, 0.6) is 0 Å². The van der Waals surface area contributed by atoms with Crippen molar-refractivity contribution >= 4 is 5.69 Å². The molecule has 0 saturated heterocycles. The predicted molar refractivity (Wildman–Crippen MR) is 60.1 cm³/mol. The summed E-state index contributed by atoms with van der Waals surface area (Å²) in [6, 6.07) is 1.72. The maximum Gasteiger partial charge on any atom is 0.111 e. The molecule has 2 atom stereocenters. The summed E-state index contributed by atoms with van der Waals surface area (Å²) in [6.45, 7) is 2.14. The number of pyridine rings is 1. The number of aliphatic hydroxyl groups is 1. The molecule has 0 bridgehead atoms. The Bertz CT molecular complexity index is 389. The third-order valence-corrected chi connectivity index (χ3v) is 3.00. The number of hydrogen-bond donors (Lipinski definition) is 2. The molecule has 1 heterocycles. The van der Waals surface area contributed by atoms with Gasteiger partial charge < -0.3 is 10.8 Å². The summed E-state index contributed by atoms with van der Waals surface area (Å²) in [5, 5.41) is 10.4. The highest BCUT2D eigenvalue weighted by atomic mass is 16.3. The number of anilines is 1. The van der Waals surface area contributed by atoms with E-state index in [1.165, 1.54) is 0 Å². The molecule has 0 spiro atoms. The maximum absolute atomic E-state index is 10.4. The van der Waals surface area contributed by atoms with Gasteiger partial charge in [0.15, 0.2) is 0 Å². The molecule has 0 aliphatic heterocycles. The van der Waals surface area contributed by atoms with Crippen molar-refractivity contribution in [3.05, 3.63) is 36.2 Å². The van der Waals surface area contributed by atoms with Gasteiger partial charge in [-0.1, -0.05) is 19.1 Å². The molecule has 80 valence electrons. The Morgan fingerprint density at radius 1 is 1.60 bits per heavy atom. The Kier molecular flexibility index (Phi) is 2.49. The molecule has 3 heteroatoms. The third kappa shape index (κ3) is 1.88. The lowest BCUT2D eigenvalue weighted by Crippen LogP contribution is -2.27. The molecule has 1 aliphatic carbocycles. The molecule has 2 unspecified atom stereocenters. The number of nitrogens with zero attached hydrogens (tertiary/aromatic N) is 1. The van der Waals surface area contributed by atoms with Crippen LogP contribution in [0.1, 0.15) is 25.3 Å². The second kappa shape index (κ2) is 3.66. The molecule has 3 N–H and O–H groups in total. The Balaban J connectivity index is 2.38. The maximum atomic E-state index is 10.4. The molecule has 0 fully saturated rings. The van der Waals surface area contributed by atoms with Crippen molar-refractivity contribution in [3.8, 4) is 0 Å². The minimum absolute atomic E-state index is 0.531. The highest BCUT2D eigenvalue weighted by Crippen LogP contribution is 2.36. The fraction of sp³-hybridized carbons (Fsp3) is 0.417. The van der Waals surface area contributed by atoms with Gasteiger partial charge in [0, 0.05) is 23.6 Å². The standard InChI is InChI=1S/C12H16N2O/c1-9-2-5-12(15,6-3-9)10-8-14-7-4-11(10)13/h2,4-5,7-9,15H,3,6H2,1H3,(H2,13,14). The second-order valence-corrected chi connectivity index (χ2v) is 4.26. The normalized spacial score (nSPS) is 30.4. The minimum atomic E-state index is -0.926. The Morgan fingerprint density at radius 2 is 2.40 bits per heavy atom. The van der Waals surface area contributed by atoms with Crippen LogP contribution in [-0.2, 0) is 5.60 Å². The van der Waals surface area contributed by atoms with E-state index in [2.05, 4.69) is 11.9 Å². The molecular formula is C12H16N2O. The van der Waals surface area contributed by atoms with Crippen LogP contribution in [0.15, 0.2) is 30.6 Å². The summed E-state index contributed by atoms with van der Waals surface area (Å²) < 4.78 is 0. The number of nitrogens with two attached hydrogens (primary N) is 1. The number of hydrogen-bond acceptors (Lipinski definition) is 3. The van der Waals surface area contributed by atoms with Crippen LogP contribution in [0.2, 0.25) is 0 Å². The van der Waals surface area contributed by atoms with Crippen LogP contribution in [0.25, 0.3) is 0 Å². The van der Waals surface area contributed by atoms with Crippen LogP contribution in [-0.4, -0.2) is 10.1 Å². The molecule has 0 amide bonds. The summed E-state index contributed by atoms with van der Waals surface area (Å²) in [6.07, 6.45) is 8.85. The van der Waals surface area contributed by atoms with Gasteiger partial charge >= 0.3 is 0 Å². The monoisotopic (exact) mass is 204 g/mol. The molecule has 3 nitrogen and oxygen atoms in total. The van der Waals surface area contributed by atoms with E-state index in [0.29, 0.717) is 23.6 Å². The number of rotatable bonds is 1. The highest BCUT2D eigenvalue weighted by Gasteiger charge is 2.31. The van der Waals surface area contributed by atoms with Crippen LogP contribution in [0, 0.1) is 5.92 Å². The predicted octanol–water partition coefficient (Wildman–Crippen LogP) is 1.84. The lowest BCUT2D eigenvalue weighted by Gasteiger charge is -2.30. The summed E-state index contributed by atoms with van der Waals surface area (Å²) in [5.74, 6) is 0.531. The summed E-state index contributed by atoms with van der Waals surface area (Å²) in [4.78, 5) is 4.01. The fourth-order valence-electron chi connectivity index (χ4n) is 1.94. The van der Waals surface area contributed by atoms with Gasteiger partial charge in [-0.2, -0.15) is 0 Å². The highest BCUT2D eigenvalue weighted by molar-refractivity contribution is 5.49. The van der Waals surface area contributed by atoms with Crippen LogP contribution >= 0.6 is 0 Å². The first-order chi connectivity index (χ1) is 7.12. The first-order valence-corrected chi connectivity index (χ1v) is 5.23. The second-order valence-electron chi connectivity index (χ2n) is 4.26. The van der Waals surface area contributed by atoms with E-state index in [9.17, 15) is 5.11 Å².